The zero-order valence-electron chi connectivity index (χ0n) is 17.5. The van der Waals surface area contributed by atoms with Crippen LogP contribution in [0, 0.1) is 11.6 Å². The standard InChI is InChI=1S/C22H20BrF2N3O4S/c1-33(29,30)28-6-4-16(5-7-28)32-22-19(23)10-18(13-27-22)31-17-8-15(11-26-12-17)14-2-3-20(24)21(25)9-14/h2-3,8-13,16H,4-7H2,1H3. The number of pyridine rings is 2. The lowest BCUT2D eigenvalue weighted by molar-refractivity contribution is 0.129. The Kier molecular flexibility index (Phi) is 6.91. The molecule has 0 atom stereocenters. The second kappa shape index (κ2) is 9.70. The number of hydrogen-bond donors (Lipinski definition) is 0. The van der Waals surface area contributed by atoms with Gasteiger partial charge in [0.25, 0.3) is 0 Å². The van der Waals surface area contributed by atoms with E-state index in [1.807, 2.05) is 0 Å². The summed E-state index contributed by atoms with van der Waals surface area (Å²) < 4.78 is 63.8. The van der Waals surface area contributed by atoms with Gasteiger partial charge < -0.3 is 9.47 Å². The average molecular weight is 540 g/mol. The molecule has 0 amide bonds. The van der Waals surface area contributed by atoms with Gasteiger partial charge in [-0.25, -0.2) is 26.5 Å². The maximum Gasteiger partial charge on any atom is 0.228 e. The lowest BCUT2D eigenvalue weighted by Gasteiger charge is -2.30. The fraction of sp³-hybridized carbons (Fsp3) is 0.273. The molecule has 3 heterocycles. The minimum absolute atomic E-state index is 0.143. The quantitative estimate of drug-likeness (QED) is 0.448. The van der Waals surface area contributed by atoms with Crippen LogP contribution in [0.25, 0.3) is 11.1 Å². The number of hydrogen-bond acceptors (Lipinski definition) is 6. The van der Waals surface area contributed by atoms with Gasteiger partial charge in [0.2, 0.25) is 15.9 Å². The predicted octanol–water partition coefficient (Wildman–Crippen LogP) is 4.78. The number of aromatic nitrogens is 2. The molecule has 0 N–H and O–H groups in total. The van der Waals surface area contributed by atoms with E-state index >= 15 is 0 Å². The lowest BCUT2D eigenvalue weighted by Crippen LogP contribution is -2.41. The zero-order valence-corrected chi connectivity index (χ0v) is 19.9. The van der Waals surface area contributed by atoms with E-state index in [0.29, 0.717) is 58.9 Å². The van der Waals surface area contributed by atoms with Gasteiger partial charge in [0, 0.05) is 30.9 Å². The first-order valence-corrected chi connectivity index (χ1v) is 12.7. The smallest absolute Gasteiger partial charge is 0.228 e. The van der Waals surface area contributed by atoms with Crippen LogP contribution >= 0.6 is 15.9 Å². The fourth-order valence-electron chi connectivity index (χ4n) is 3.43. The SMILES string of the molecule is CS(=O)(=O)N1CCC(Oc2ncc(Oc3cncc(-c4ccc(F)c(F)c4)c3)cc2Br)CC1. The summed E-state index contributed by atoms with van der Waals surface area (Å²) in [5, 5.41) is 0. The first kappa shape index (κ1) is 23.5. The van der Waals surface area contributed by atoms with Crippen molar-refractivity contribution in [2.75, 3.05) is 19.3 Å². The number of nitrogens with zero attached hydrogens (tertiary/aromatic N) is 3. The topological polar surface area (TPSA) is 81.6 Å². The van der Waals surface area contributed by atoms with Crippen LogP contribution in [0.1, 0.15) is 12.8 Å². The van der Waals surface area contributed by atoms with Gasteiger partial charge in [-0.2, -0.15) is 0 Å². The molecule has 1 fully saturated rings. The molecule has 0 radical (unpaired) electrons. The molecule has 2 aromatic heterocycles. The average Bonchev–Trinajstić information content (AvgIpc) is 2.77. The van der Waals surface area contributed by atoms with Crippen molar-refractivity contribution in [3.63, 3.8) is 0 Å². The van der Waals surface area contributed by atoms with Crippen LogP contribution in [0.3, 0.4) is 0 Å². The molecule has 1 aliphatic heterocycles. The molecule has 7 nitrogen and oxygen atoms in total. The Labute approximate surface area is 198 Å². The van der Waals surface area contributed by atoms with Crippen LogP contribution in [0.4, 0.5) is 8.78 Å². The van der Waals surface area contributed by atoms with Gasteiger partial charge in [-0.3, -0.25) is 4.98 Å². The highest BCUT2D eigenvalue weighted by Gasteiger charge is 2.26. The van der Waals surface area contributed by atoms with Crippen LogP contribution in [0.15, 0.2) is 53.4 Å². The van der Waals surface area contributed by atoms with Crippen LogP contribution in [-0.4, -0.2) is 48.1 Å². The van der Waals surface area contributed by atoms with Crippen molar-refractivity contribution in [2.24, 2.45) is 0 Å². The summed E-state index contributed by atoms with van der Waals surface area (Å²) in [6, 6.07) is 6.97. The van der Waals surface area contributed by atoms with Gasteiger partial charge in [0.1, 0.15) is 17.6 Å². The van der Waals surface area contributed by atoms with Gasteiger partial charge in [-0.05, 0) is 52.5 Å². The minimum atomic E-state index is -3.19. The Morgan fingerprint density at radius 1 is 1.00 bits per heavy atom. The van der Waals surface area contributed by atoms with E-state index in [4.69, 9.17) is 9.47 Å². The number of sulfonamides is 1. The lowest BCUT2D eigenvalue weighted by atomic mass is 10.1. The Hall–Kier alpha value is -2.63. The molecule has 0 aliphatic carbocycles. The number of piperidine rings is 1. The molecule has 33 heavy (non-hydrogen) atoms. The largest absolute Gasteiger partial charge is 0.473 e. The summed E-state index contributed by atoms with van der Waals surface area (Å²) in [6.45, 7) is 0.813. The Morgan fingerprint density at radius 2 is 1.73 bits per heavy atom. The molecule has 1 aliphatic rings. The Bertz CT molecular complexity index is 1270. The van der Waals surface area contributed by atoms with Crippen LogP contribution in [0.2, 0.25) is 0 Å². The van der Waals surface area contributed by atoms with E-state index < -0.39 is 21.7 Å². The molecule has 0 spiro atoms. The number of rotatable bonds is 6. The number of halogens is 3. The summed E-state index contributed by atoms with van der Waals surface area (Å²) in [6.07, 6.45) is 6.72. The first-order chi connectivity index (χ1) is 15.7. The van der Waals surface area contributed by atoms with E-state index in [2.05, 4.69) is 25.9 Å². The third-order valence-corrected chi connectivity index (χ3v) is 7.00. The van der Waals surface area contributed by atoms with Crippen molar-refractivity contribution in [3.05, 3.63) is 65.0 Å². The highest BCUT2D eigenvalue weighted by molar-refractivity contribution is 9.10. The van der Waals surface area contributed by atoms with Gasteiger partial charge in [0.05, 0.1) is 23.1 Å². The molecule has 0 unspecified atom stereocenters. The maximum absolute atomic E-state index is 13.6. The van der Waals surface area contributed by atoms with Crippen molar-refractivity contribution in [1.29, 1.82) is 0 Å². The Morgan fingerprint density at radius 3 is 2.39 bits per heavy atom. The summed E-state index contributed by atoms with van der Waals surface area (Å²) >= 11 is 3.43. The van der Waals surface area contributed by atoms with E-state index in [0.717, 1.165) is 12.1 Å². The van der Waals surface area contributed by atoms with Gasteiger partial charge in [-0.15, -0.1) is 0 Å². The molecule has 3 aromatic rings. The second-order valence-corrected chi connectivity index (χ2v) is 10.4. The first-order valence-electron chi connectivity index (χ1n) is 10.0. The molecular formula is C22H20BrF2N3O4S. The molecule has 0 saturated carbocycles. The second-order valence-electron chi connectivity index (χ2n) is 7.58. The molecule has 174 valence electrons. The van der Waals surface area contributed by atoms with Crippen molar-refractivity contribution in [3.8, 4) is 28.5 Å². The monoisotopic (exact) mass is 539 g/mol. The van der Waals surface area contributed by atoms with Crippen LogP contribution in [-0.2, 0) is 10.0 Å². The zero-order chi connectivity index (χ0) is 23.6. The fourth-order valence-corrected chi connectivity index (χ4v) is 4.73. The van der Waals surface area contributed by atoms with E-state index in [9.17, 15) is 17.2 Å². The van der Waals surface area contributed by atoms with Crippen molar-refractivity contribution in [1.82, 2.24) is 14.3 Å². The van der Waals surface area contributed by atoms with E-state index in [1.165, 1.54) is 35.2 Å². The minimum Gasteiger partial charge on any atom is -0.473 e. The summed E-state index contributed by atoms with van der Waals surface area (Å²) in [4.78, 5) is 8.41. The molecule has 1 saturated heterocycles. The molecule has 1 aromatic carbocycles. The summed E-state index contributed by atoms with van der Waals surface area (Å²) in [7, 11) is -3.19. The highest BCUT2D eigenvalue weighted by atomic mass is 79.9. The molecular weight excluding hydrogens is 520 g/mol. The predicted molar refractivity (Wildman–Crippen MR) is 122 cm³/mol. The van der Waals surface area contributed by atoms with E-state index in [-0.39, 0.29) is 6.10 Å². The molecule has 4 rings (SSSR count). The normalized spacial score (nSPS) is 15.4. The third kappa shape index (κ3) is 5.84. The van der Waals surface area contributed by atoms with Crippen molar-refractivity contribution < 1.29 is 26.7 Å². The van der Waals surface area contributed by atoms with Crippen LogP contribution < -0.4 is 9.47 Å². The van der Waals surface area contributed by atoms with Crippen LogP contribution in [0.5, 0.6) is 17.4 Å². The highest BCUT2D eigenvalue weighted by Crippen LogP contribution is 2.32. The third-order valence-electron chi connectivity index (χ3n) is 5.13. The van der Waals surface area contributed by atoms with Gasteiger partial charge in [-0.1, -0.05) is 6.07 Å². The van der Waals surface area contributed by atoms with Gasteiger partial charge in [0.15, 0.2) is 11.6 Å². The number of benzene rings is 1. The molecule has 0 bridgehead atoms. The van der Waals surface area contributed by atoms with Crippen molar-refractivity contribution in [2.45, 2.75) is 18.9 Å². The van der Waals surface area contributed by atoms with E-state index in [1.54, 1.807) is 12.1 Å². The Balaban J connectivity index is 1.42. The summed E-state index contributed by atoms with van der Waals surface area (Å²) in [5.41, 5.74) is 1.04. The maximum atomic E-state index is 13.6. The summed E-state index contributed by atoms with van der Waals surface area (Å²) in [5.74, 6) is -0.658. The van der Waals surface area contributed by atoms with Gasteiger partial charge >= 0.3 is 0 Å². The van der Waals surface area contributed by atoms with Crippen molar-refractivity contribution >= 4 is 26.0 Å². The molecule has 11 heteroatoms. The number of ether oxygens (including phenoxy) is 2.